The fourth-order valence-electron chi connectivity index (χ4n) is 4.94. The molecule has 0 aromatic heterocycles. The van der Waals surface area contributed by atoms with Crippen molar-refractivity contribution in [2.75, 3.05) is 32.7 Å². The van der Waals surface area contributed by atoms with E-state index in [1.807, 2.05) is 12.1 Å². The lowest BCUT2D eigenvalue weighted by Crippen LogP contribution is -2.58. The molecular weight excluding hydrogens is 414 g/mol. The lowest BCUT2D eigenvalue weighted by molar-refractivity contribution is -0.138. The Kier molecular flexibility index (Phi) is 8.10. The maximum absolute atomic E-state index is 13.5. The standard InChI is InChI=1S/C26H35N5O2/c27-16-25(32)29-22-15-24(28-17-22)26(33)31-14-13-30(18-21-9-5-2-6-10-21)19-23(31)12-11-20-7-3-1-4-8-20/h1-10,22-24,28H,11-19,27H2,(H,29,32). The summed E-state index contributed by atoms with van der Waals surface area (Å²) < 4.78 is 0. The second-order valence-corrected chi connectivity index (χ2v) is 9.10. The van der Waals surface area contributed by atoms with E-state index in [9.17, 15) is 9.59 Å². The van der Waals surface area contributed by atoms with Gasteiger partial charge in [-0.05, 0) is 30.4 Å². The van der Waals surface area contributed by atoms with Crippen LogP contribution in [0.15, 0.2) is 60.7 Å². The number of amides is 2. The first kappa shape index (κ1) is 23.4. The van der Waals surface area contributed by atoms with Crippen molar-refractivity contribution in [3.05, 3.63) is 71.8 Å². The van der Waals surface area contributed by atoms with E-state index in [4.69, 9.17) is 5.73 Å². The highest BCUT2D eigenvalue weighted by Crippen LogP contribution is 2.21. The van der Waals surface area contributed by atoms with Gasteiger partial charge in [-0.3, -0.25) is 14.5 Å². The first-order chi connectivity index (χ1) is 16.1. The van der Waals surface area contributed by atoms with Crippen LogP contribution in [0.5, 0.6) is 0 Å². The van der Waals surface area contributed by atoms with Gasteiger partial charge in [-0.15, -0.1) is 0 Å². The summed E-state index contributed by atoms with van der Waals surface area (Å²) in [7, 11) is 0. The van der Waals surface area contributed by atoms with Gasteiger partial charge in [-0.1, -0.05) is 60.7 Å². The zero-order chi connectivity index (χ0) is 23.0. The molecule has 2 aliphatic heterocycles. The number of benzene rings is 2. The first-order valence-electron chi connectivity index (χ1n) is 12.0. The van der Waals surface area contributed by atoms with Gasteiger partial charge in [0, 0.05) is 44.8 Å². The van der Waals surface area contributed by atoms with Crippen LogP contribution < -0.4 is 16.4 Å². The van der Waals surface area contributed by atoms with Crippen molar-refractivity contribution in [2.45, 2.75) is 43.9 Å². The minimum absolute atomic E-state index is 0.0277. The summed E-state index contributed by atoms with van der Waals surface area (Å²) in [5.41, 5.74) is 8.02. The molecular formula is C26H35N5O2. The number of carbonyl (C=O) groups excluding carboxylic acids is 2. The van der Waals surface area contributed by atoms with Gasteiger partial charge in [-0.25, -0.2) is 0 Å². The van der Waals surface area contributed by atoms with Crippen molar-refractivity contribution in [1.82, 2.24) is 20.4 Å². The SMILES string of the molecule is NCC(=O)NC1CNC(C(=O)N2CCN(Cc3ccccc3)CC2CCc2ccccc2)C1. The van der Waals surface area contributed by atoms with Gasteiger partial charge in [0.1, 0.15) is 0 Å². The summed E-state index contributed by atoms with van der Waals surface area (Å²) >= 11 is 0. The molecule has 0 aliphatic carbocycles. The number of nitrogens with two attached hydrogens (primary N) is 1. The van der Waals surface area contributed by atoms with Crippen molar-refractivity contribution in [2.24, 2.45) is 5.73 Å². The fraction of sp³-hybridized carbons (Fsp3) is 0.462. The smallest absolute Gasteiger partial charge is 0.240 e. The van der Waals surface area contributed by atoms with Crippen LogP contribution in [0, 0.1) is 0 Å². The van der Waals surface area contributed by atoms with E-state index in [2.05, 4.69) is 69.0 Å². The van der Waals surface area contributed by atoms with Crippen molar-refractivity contribution in [3.8, 4) is 0 Å². The Labute approximate surface area is 196 Å². The Morgan fingerprint density at radius 1 is 1.00 bits per heavy atom. The van der Waals surface area contributed by atoms with Crippen LogP contribution in [0.1, 0.15) is 24.0 Å². The Morgan fingerprint density at radius 3 is 2.39 bits per heavy atom. The average Bonchev–Trinajstić information content (AvgIpc) is 3.32. The quantitative estimate of drug-likeness (QED) is 0.562. The molecule has 2 amide bonds. The molecule has 0 spiro atoms. The number of nitrogens with zero attached hydrogens (tertiary/aromatic N) is 2. The highest BCUT2D eigenvalue weighted by Gasteiger charge is 2.37. The van der Waals surface area contributed by atoms with E-state index < -0.39 is 0 Å². The summed E-state index contributed by atoms with van der Waals surface area (Å²) in [5.74, 6) is -0.0258. The molecule has 0 saturated carbocycles. The molecule has 176 valence electrons. The van der Waals surface area contributed by atoms with Gasteiger partial charge in [0.2, 0.25) is 11.8 Å². The number of hydrogen-bond donors (Lipinski definition) is 3. The second-order valence-electron chi connectivity index (χ2n) is 9.10. The molecule has 33 heavy (non-hydrogen) atoms. The van der Waals surface area contributed by atoms with Crippen LogP contribution in [-0.4, -0.2) is 72.5 Å². The molecule has 4 N–H and O–H groups in total. The van der Waals surface area contributed by atoms with Crippen LogP contribution >= 0.6 is 0 Å². The fourth-order valence-corrected chi connectivity index (χ4v) is 4.94. The monoisotopic (exact) mass is 449 g/mol. The molecule has 7 nitrogen and oxygen atoms in total. The average molecular weight is 450 g/mol. The Balaban J connectivity index is 1.41. The second kappa shape index (κ2) is 11.4. The molecule has 0 radical (unpaired) electrons. The molecule has 2 saturated heterocycles. The van der Waals surface area contributed by atoms with E-state index in [1.54, 1.807) is 0 Å². The molecule has 3 unspecified atom stereocenters. The highest BCUT2D eigenvalue weighted by molar-refractivity contribution is 5.83. The number of nitrogens with one attached hydrogen (secondary N) is 2. The normalized spacial score (nSPS) is 23.4. The first-order valence-corrected chi connectivity index (χ1v) is 12.0. The van der Waals surface area contributed by atoms with Gasteiger partial charge in [-0.2, -0.15) is 0 Å². The van der Waals surface area contributed by atoms with Crippen LogP contribution in [0.25, 0.3) is 0 Å². The third-order valence-corrected chi connectivity index (χ3v) is 6.69. The van der Waals surface area contributed by atoms with Crippen molar-refractivity contribution in [3.63, 3.8) is 0 Å². The minimum atomic E-state index is -0.257. The Hall–Kier alpha value is -2.74. The molecule has 2 heterocycles. The molecule has 2 aromatic carbocycles. The molecule has 0 bridgehead atoms. The van der Waals surface area contributed by atoms with Gasteiger partial charge in [0.05, 0.1) is 12.6 Å². The summed E-state index contributed by atoms with van der Waals surface area (Å²) in [6.07, 6.45) is 2.49. The summed E-state index contributed by atoms with van der Waals surface area (Å²) in [5, 5.41) is 6.22. The van der Waals surface area contributed by atoms with Crippen molar-refractivity contribution in [1.29, 1.82) is 0 Å². The van der Waals surface area contributed by atoms with Gasteiger partial charge in [0.25, 0.3) is 0 Å². The van der Waals surface area contributed by atoms with E-state index >= 15 is 0 Å². The molecule has 2 fully saturated rings. The van der Waals surface area contributed by atoms with Crippen molar-refractivity contribution >= 4 is 11.8 Å². The topological polar surface area (TPSA) is 90.7 Å². The molecule has 4 rings (SSSR count). The lowest BCUT2D eigenvalue weighted by atomic mass is 10.00. The Morgan fingerprint density at radius 2 is 1.70 bits per heavy atom. The predicted molar refractivity (Wildman–Crippen MR) is 129 cm³/mol. The molecule has 2 aliphatic rings. The maximum Gasteiger partial charge on any atom is 0.240 e. The van der Waals surface area contributed by atoms with E-state index in [1.165, 1.54) is 11.1 Å². The summed E-state index contributed by atoms with van der Waals surface area (Å²) in [6.45, 7) is 3.93. The van der Waals surface area contributed by atoms with Crippen molar-refractivity contribution < 1.29 is 9.59 Å². The minimum Gasteiger partial charge on any atom is -0.351 e. The third-order valence-electron chi connectivity index (χ3n) is 6.69. The van der Waals surface area contributed by atoms with E-state index in [0.29, 0.717) is 13.0 Å². The number of hydrogen-bond acceptors (Lipinski definition) is 5. The third kappa shape index (κ3) is 6.41. The van der Waals surface area contributed by atoms with Gasteiger partial charge < -0.3 is 21.3 Å². The largest absolute Gasteiger partial charge is 0.351 e. The summed E-state index contributed by atoms with van der Waals surface area (Å²) in [6, 6.07) is 20.9. The van der Waals surface area contributed by atoms with Crippen LogP contribution in [0.3, 0.4) is 0 Å². The van der Waals surface area contributed by atoms with Crippen LogP contribution in [0.4, 0.5) is 0 Å². The number of piperazine rings is 1. The predicted octanol–water partition coefficient (Wildman–Crippen LogP) is 1.14. The number of carbonyl (C=O) groups is 2. The van der Waals surface area contributed by atoms with Crippen LogP contribution in [0.2, 0.25) is 0 Å². The molecule has 7 heteroatoms. The summed E-state index contributed by atoms with van der Waals surface area (Å²) in [4.78, 5) is 29.7. The zero-order valence-electron chi connectivity index (χ0n) is 19.2. The van der Waals surface area contributed by atoms with E-state index in [-0.39, 0.29) is 36.5 Å². The van der Waals surface area contributed by atoms with Gasteiger partial charge in [0.15, 0.2) is 0 Å². The van der Waals surface area contributed by atoms with E-state index in [0.717, 1.165) is 39.0 Å². The zero-order valence-corrected chi connectivity index (χ0v) is 19.2. The van der Waals surface area contributed by atoms with Gasteiger partial charge >= 0.3 is 0 Å². The number of rotatable bonds is 8. The van der Waals surface area contributed by atoms with Crippen LogP contribution in [-0.2, 0) is 22.6 Å². The maximum atomic E-state index is 13.5. The molecule has 2 aromatic rings. The molecule has 3 atom stereocenters. The lowest BCUT2D eigenvalue weighted by Gasteiger charge is -2.42. The number of aryl methyl sites for hydroxylation is 1. The highest BCUT2D eigenvalue weighted by atomic mass is 16.2. The Bertz CT molecular complexity index is 907.